The highest BCUT2D eigenvalue weighted by Gasteiger charge is 2.41. The Kier molecular flexibility index (Phi) is 6.05. The van der Waals surface area contributed by atoms with Crippen LogP contribution < -0.4 is 5.73 Å². The molecule has 106 valence electrons. The molecular formula is C13H26N2O3. The highest BCUT2D eigenvalue weighted by atomic mass is 16.5. The smallest absolute Gasteiger partial charge is 0.325 e. The Labute approximate surface area is 110 Å². The summed E-state index contributed by atoms with van der Waals surface area (Å²) in [7, 11) is 3.11. The zero-order valence-corrected chi connectivity index (χ0v) is 11.8. The lowest BCUT2D eigenvalue weighted by molar-refractivity contribution is -0.149. The number of ether oxygens (including phenoxy) is 2. The Morgan fingerprint density at radius 3 is 2.78 bits per heavy atom. The van der Waals surface area contributed by atoms with Gasteiger partial charge in [-0.25, -0.2) is 0 Å². The number of nitrogens with two attached hydrogens (primary N) is 1. The molecule has 1 rings (SSSR count). The molecule has 1 fully saturated rings. The van der Waals surface area contributed by atoms with Crippen LogP contribution in [-0.4, -0.2) is 56.4 Å². The molecule has 0 radical (unpaired) electrons. The van der Waals surface area contributed by atoms with Crippen LogP contribution in [0.1, 0.15) is 32.6 Å². The first-order valence-corrected chi connectivity index (χ1v) is 6.67. The molecule has 0 saturated heterocycles. The minimum absolute atomic E-state index is 0.282. The molecule has 18 heavy (non-hydrogen) atoms. The average molecular weight is 258 g/mol. The van der Waals surface area contributed by atoms with Crippen molar-refractivity contribution in [1.82, 2.24) is 4.90 Å². The van der Waals surface area contributed by atoms with Crippen molar-refractivity contribution in [3.05, 3.63) is 0 Å². The normalized spacial score (nSPS) is 28.4. The molecule has 1 aliphatic carbocycles. The summed E-state index contributed by atoms with van der Waals surface area (Å²) in [4.78, 5) is 14.1. The van der Waals surface area contributed by atoms with Crippen molar-refractivity contribution in [2.75, 3.05) is 33.9 Å². The van der Waals surface area contributed by atoms with Gasteiger partial charge >= 0.3 is 5.97 Å². The van der Waals surface area contributed by atoms with Crippen molar-refractivity contribution < 1.29 is 14.3 Å². The molecular weight excluding hydrogens is 232 g/mol. The first kappa shape index (κ1) is 15.4. The van der Waals surface area contributed by atoms with E-state index in [9.17, 15) is 4.79 Å². The summed E-state index contributed by atoms with van der Waals surface area (Å²) >= 11 is 0. The molecule has 0 bridgehead atoms. The molecule has 0 spiro atoms. The van der Waals surface area contributed by atoms with Crippen LogP contribution in [0.5, 0.6) is 0 Å². The topological polar surface area (TPSA) is 64.8 Å². The van der Waals surface area contributed by atoms with Crippen molar-refractivity contribution in [1.29, 1.82) is 0 Å². The molecule has 1 aliphatic rings. The zero-order chi connectivity index (χ0) is 13.6. The maximum absolute atomic E-state index is 11.8. The van der Waals surface area contributed by atoms with Gasteiger partial charge in [0.25, 0.3) is 0 Å². The van der Waals surface area contributed by atoms with Crippen molar-refractivity contribution in [3.8, 4) is 0 Å². The number of likely N-dealkylation sites (N-methyl/N-ethyl adjacent to an activating group) is 1. The molecule has 1 saturated carbocycles. The van der Waals surface area contributed by atoms with E-state index in [0.717, 1.165) is 32.4 Å². The minimum atomic E-state index is -0.807. The first-order valence-electron chi connectivity index (χ1n) is 6.67. The number of carbonyl (C=O) groups is 1. The van der Waals surface area contributed by atoms with E-state index in [1.807, 2.05) is 0 Å². The van der Waals surface area contributed by atoms with Gasteiger partial charge in [0.2, 0.25) is 0 Å². The number of methoxy groups -OCH3 is 2. The zero-order valence-electron chi connectivity index (χ0n) is 11.8. The number of hydrogen-bond donors (Lipinski definition) is 1. The van der Waals surface area contributed by atoms with Gasteiger partial charge in [-0.15, -0.1) is 0 Å². The number of esters is 1. The summed E-state index contributed by atoms with van der Waals surface area (Å²) in [6, 6.07) is 0.350. The second-order valence-electron chi connectivity index (χ2n) is 5.02. The van der Waals surface area contributed by atoms with Gasteiger partial charge in [0.15, 0.2) is 0 Å². The van der Waals surface area contributed by atoms with Gasteiger partial charge in [-0.3, -0.25) is 9.69 Å². The number of nitrogens with zero attached hydrogens (tertiary/aromatic N) is 1. The highest BCUT2D eigenvalue weighted by molar-refractivity contribution is 5.80. The lowest BCUT2D eigenvalue weighted by Crippen LogP contribution is -2.56. The largest absolute Gasteiger partial charge is 0.468 e. The van der Waals surface area contributed by atoms with Crippen LogP contribution in [0.4, 0.5) is 0 Å². The number of hydrogen-bond acceptors (Lipinski definition) is 5. The molecule has 0 aromatic carbocycles. The van der Waals surface area contributed by atoms with Crippen molar-refractivity contribution in [2.24, 2.45) is 5.73 Å². The van der Waals surface area contributed by atoms with Gasteiger partial charge in [0.05, 0.1) is 13.7 Å². The second kappa shape index (κ2) is 7.07. The molecule has 0 heterocycles. The van der Waals surface area contributed by atoms with E-state index < -0.39 is 5.54 Å². The van der Waals surface area contributed by atoms with Crippen LogP contribution in [-0.2, 0) is 14.3 Å². The summed E-state index contributed by atoms with van der Waals surface area (Å²) in [5.41, 5.74) is 5.38. The van der Waals surface area contributed by atoms with Gasteiger partial charge in [-0.2, -0.15) is 0 Å². The predicted octanol–water partition coefficient (Wildman–Crippen LogP) is 0.768. The Morgan fingerprint density at radius 1 is 1.50 bits per heavy atom. The van der Waals surface area contributed by atoms with Gasteiger partial charge < -0.3 is 15.2 Å². The third kappa shape index (κ3) is 3.67. The Balaban J connectivity index is 2.63. The van der Waals surface area contributed by atoms with Gasteiger partial charge in [0.1, 0.15) is 5.54 Å². The summed E-state index contributed by atoms with van der Waals surface area (Å²) in [5.74, 6) is -0.282. The Morgan fingerprint density at radius 2 is 2.22 bits per heavy atom. The van der Waals surface area contributed by atoms with E-state index in [2.05, 4.69) is 11.8 Å². The third-order valence-corrected chi connectivity index (χ3v) is 3.86. The predicted molar refractivity (Wildman–Crippen MR) is 70.3 cm³/mol. The quantitative estimate of drug-likeness (QED) is 0.713. The van der Waals surface area contributed by atoms with Gasteiger partial charge in [0, 0.05) is 19.7 Å². The Hall–Kier alpha value is -0.650. The summed E-state index contributed by atoms with van der Waals surface area (Å²) in [6.45, 7) is 4.67. The summed E-state index contributed by atoms with van der Waals surface area (Å²) < 4.78 is 9.95. The summed E-state index contributed by atoms with van der Waals surface area (Å²) in [6.07, 6.45) is 3.46. The fraction of sp³-hybridized carbons (Fsp3) is 0.923. The van der Waals surface area contributed by atoms with Crippen LogP contribution in [0.15, 0.2) is 0 Å². The number of carbonyl (C=O) groups excluding carboxylic acids is 1. The van der Waals surface area contributed by atoms with Gasteiger partial charge in [-0.05, 0) is 32.2 Å². The van der Waals surface area contributed by atoms with E-state index >= 15 is 0 Å². The second-order valence-corrected chi connectivity index (χ2v) is 5.02. The van der Waals surface area contributed by atoms with Crippen LogP contribution in [0, 0.1) is 0 Å². The molecule has 2 N–H and O–H groups in total. The maximum Gasteiger partial charge on any atom is 0.325 e. The highest BCUT2D eigenvalue weighted by Crippen LogP contribution is 2.30. The SMILES string of the molecule is CCN(CCOC)C1CCCC(N)(C(=O)OC)C1. The van der Waals surface area contributed by atoms with Crippen LogP contribution in [0.2, 0.25) is 0 Å². The molecule has 2 atom stereocenters. The third-order valence-electron chi connectivity index (χ3n) is 3.86. The first-order chi connectivity index (χ1) is 8.57. The van der Waals surface area contributed by atoms with Crippen LogP contribution in [0.3, 0.4) is 0 Å². The molecule has 5 nitrogen and oxygen atoms in total. The standard InChI is InChI=1S/C13H26N2O3/c1-4-15(8-9-17-2)11-6-5-7-13(14,10-11)12(16)18-3/h11H,4-10,14H2,1-3H3. The Bertz CT molecular complexity index is 273. The average Bonchev–Trinajstić information content (AvgIpc) is 2.39. The van der Waals surface area contributed by atoms with Crippen molar-refractivity contribution in [2.45, 2.75) is 44.2 Å². The van der Waals surface area contributed by atoms with Crippen LogP contribution in [0.25, 0.3) is 0 Å². The van der Waals surface area contributed by atoms with E-state index in [4.69, 9.17) is 15.2 Å². The van der Waals surface area contributed by atoms with Crippen molar-refractivity contribution in [3.63, 3.8) is 0 Å². The van der Waals surface area contributed by atoms with E-state index in [1.165, 1.54) is 7.11 Å². The lowest BCUT2D eigenvalue weighted by atomic mass is 9.79. The molecule has 0 aromatic rings. The molecule has 2 unspecified atom stereocenters. The number of rotatable bonds is 6. The van der Waals surface area contributed by atoms with E-state index in [0.29, 0.717) is 19.1 Å². The molecule has 0 aromatic heterocycles. The molecule has 5 heteroatoms. The fourth-order valence-corrected chi connectivity index (χ4v) is 2.79. The monoisotopic (exact) mass is 258 g/mol. The fourth-order valence-electron chi connectivity index (χ4n) is 2.79. The molecule has 0 aliphatic heterocycles. The lowest BCUT2D eigenvalue weighted by Gasteiger charge is -2.40. The maximum atomic E-state index is 11.8. The van der Waals surface area contributed by atoms with E-state index in [1.54, 1.807) is 7.11 Å². The van der Waals surface area contributed by atoms with Crippen molar-refractivity contribution >= 4 is 5.97 Å². The van der Waals surface area contributed by atoms with Gasteiger partial charge in [-0.1, -0.05) is 6.92 Å². The summed E-state index contributed by atoms with van der Waals surface area (Å²) in [5, 5.41) is 0. The minimum Gasteiger partial charge on any atom is -0.468 e. The van der Waals surface area contributed by atoms with Crippen LogP contribution >= 0.6 is 0 Å². The van der Waals surface area contributed by atoms with E-state index in [-0.39, 0.29) is 5.97 Å². The molecule has 0 amide bonds.